The lowest BCUT2D eigenvalue weighted by molar-refractivity contribution is -0.138. The Balaban J connectivity index is 1.50. The molecule has 0 saturated carbocycles. The number of fused-ring (bicyclic) bond motifs is 1. The second-order valence-corrected chi connectivity index (χ2v) is 8.89. The molecule has 0 aliphatic carbocycles. The highest BCUT2D eigenvalue weighted by Crippen LogP contribution is 2.32. The predicted octanol–water partition coefficient (Wildman–Crippen LogP) is 2.15. The normalized spacial score (nSPS) is 12.5. The Morgan fingerprint density at radius 1 is 1.12 bits per heavy atom. The highest BCUT2D eigenvalue weighted by Gasteiger charge is 2.23. The van der Waals surface area contributed by atoms with Crippen molar-refractivity contribution in [3.05, 3.63) is 53.8 Å². The molecule has 4 rings (SSSR count). The van der Waals surface area contributed by atoms with Gasteiger partial charge < -0.3 is 19.7 Å². The van der Waals surface area contributed by atoms with Crippen LogP contribution in [0.2, 0.25) is 0 Å². The molecule has 1 aromatic heterocycles. The maximum absolute atomic E-state index is 13.2. The van der Waals surface area contributed by atoms with E-state index in [0.29, 0.717) is 17.1 Å². The molecule has 0 unspecified atom stereocenters. The van der Waals surface area contributed by atoms with Crippen molar-refractivity contribution in [2.75, 3.05) is 13.3 Å². The summed E-state index contributed by atoms with van der Waals surface area (Å²) in [4.78, 5) is 28.3. The van der Waals surface area contributed by atoms with Crippen LogP contribution in [0.25, 0.3) is 11.4 Å². The van der Waals surface area contributed by atoms with Gasteiger partial charge in [0.05, 0.1) is 6.54 Å². The third-order valence-corrected chi connectivity index (χ3v) is 4.84. The minimum atomic E-state index is -0.442. The van der Waals surface area contributed by atoms with Crippen molar-refractivity contribution in [3.63, 3.8) is 0 Å². The van der Waals surface area contributed by atoms with E-state index in [1.54, 1.807) is 12.1 Å². The molecule has 1 aliphatic rings. The van der Waals surface area contributed by atoms with Crippen LogP contribution in [0.3, 0.4) is 0 Å². The fourth-order valence-electron chi connectivity index (χ4n) is 3.37. The van der Waals surface area contributed by atoms with Gasteiger partial charge in [0.1, 0.15) is 12.4 Å². The summed E-state index contributed by atoms with van der Waals surface area (Å²) in [5.41, 5.74) is 0.906. The fraction of sp³-hybridized carbons (Fsp3) is 0.348. The number of hydrogen-bond acceptors (Lipinski definition) is 7. The van der Waals surface area contributed by atoms with Crippen LogP contribution in [0.5, 0.6) is 11.5 Å². The third-order valence-electron chi connectivity index (χ3n) is 4.84. The van der Waals surface area contributed by atoms with Crippen LogP contribution < -0.4 is 14.8 Å². The first-order chi connectivity index (χ1) is 16.2. The van der Waals surface area contributed by atoms with Crippen molar-refractivity contribution in [2.24, 2.45) is 0 Å². The van der Waals surface area contributed by atoms with E-state index >= 15 is 0 Å². The number of tetrazole rings is 1. The molecular formula is C23H25FN6O4. The molecule has 178 valence electrons. The van der Waals surface area contributed by atoms with Crippen molar-refractivity contribution in [3.8, 4) is 22.9 Å². The molecule has 11 heteroatoms. The van der Waals surface area contributed by atoms with Crippen LogP contribution in [0.4, 0.5) is 4.39 Å². The average molecular weight is 468 g/mol. The molecule has 2 heterocycles. The van der Waals surface area contributed by atoms with Crippen molar-refractivity contribution >= 4 is 11.8 Å². The van der Waals surface area contributed by atoms with E-state index in [-0.39, 0.29) is 49.9 Å². The number of aromatic nitrogens is 4. The molecule has 0 saturated heterocycles. The molecule has 0 atom stereocenters. The smallest absolute Gasteiger partial charge is 0.247 e. The lowest BCUT2D eigenvalue weighted by Gasteiger charge is -2.26. The van der Waals surface area contributed by atoms with Crippen LogP contribution in [-0.4, -0.2) is 55.8 Å². The van der Waals surface area contributed by atoms with Gasteiger partial charge in [-0.05, 0) is 67.9 Å². The van der Waals surface area contributed by atoms with Crippen LogP contribution in [-0.2, 0) is 22.7 Å². The van der Waals surface area contributed by atoms with Gasteiger partial charge in [-0.2, -0.15) is 4.80 Å². The molecule has 0 bridgehead atoms. The summed E-state index contributed by atoms with van der Waals surface area (Å²) in [6, 6.07) is 11.0. The summed E-state index contributed by atoms with van der Waals surface area (Å²) in [5, 5.41) is 14.9. The van der Waals surface area contributed by atoms with Crippen LogP contribution >= 0.6 is 0 Å². The Morgan fingerprint density at radius 2 is 1.85 bits per heavy atom. The highest BCUT2D eigenvalue weighted by atomic mass is 19.1. The number of nitrogens with one attached hydrogen (secondary N) is 1. The second-order valence-electron chi connectivity index (χ2n) is 8.89. The van der Waals surface area contributed by atoms with Gasteiger partial charge in [-0.1, -0.05) is 6.07 Å². The van der Waals surface area contributed by atoms with Crippen molar-refractivity contribution in [1.29, 1.82) is 0 Å². The molecule has 10 nitrogen and oxygen atoms in total. The van der Waals surface area contributed by atoms with Gasteiger partial charge in [-0.25, -0.2) is 4.39 Å². The fourth-order valence-corrected chi connectivity index (χ4v) is 3.37. The maximum atomic E-state index is 13.2. The maximum Gasteiger partial charge on any atom is 0.247 e. The number of carbonyl (C=O) groups is 2. The standard InChI is InChI=1S/C23H25FN6O4/c1-23(2,3)25-20(31)12-29(11-15-4-9-18-19(10-15)34-14-33-18)21(32)13-30-27-22(26-28-30)16-5-7-17(24)8-6-16/h4-10H,11-14H2,1-3H3,(H,25,31). The highest BCUT2D eigenvalue weighted by molar-refractivity contribution is 5.85. The molecule has 1 N–H and O–H groups in total. The summed E-state index contributed by atoms with van der Waals surface area (Å²) in [6.45, 7) is 5.55. The number of carbonyl (C=O) groups excluding carboxylic acids is 2. The van der Waals surface area contributed by atoms with Crippen LogP contribution in [0.15, 0.2) is 42.5 Å². The topological polar surface area (TPSA) is 111 Å². The third kappa shape index (κ3) is 5.85. The molecule has 0 radical (unpaired) electrons. The molecule has 0 spiro atoms. The van der Waals surface area contributed by atoms with Gasteiger partial charge in [0.25, 0.3) is 0 Å². The van der Waals surface area contributed by atoms with Gasteiger partial charge in [-0.15, -0.1) is 10.2 Å². The predicted molar refractivity (Wildman–Crippen MR) is 119 cm³/mol. The van der Waals surface area contributed by atoms with Gasteiger partial charge in [0.2, 0.25) is 24.4 Å². The minimum Gasteiger partial charge on any atom is -0.454 e. The van der Waals surface area contributed by atoms with Gasteiger partial charge in [0.15, 0.2) is 11.5 Å². The summed E-state index contributed by atoms with van der Waals surface area (Å²) in [6.07, 6.45) is 0. The first-order valence-electron chi connectivity index (χ1n) is 10.7. The Bertz CT molecular complexity index is 1190. The Morgan fingerprint density at radius 3 is 2.59 bits per heavy atom. The average Bonchev–Trinajstić information content (AvgIpc) is 3.41. The van der Waals surface area contributed by atoms with E-state index in [1.165, 1.54) is 29.2 Å². The zero-order valence-corrected chi connectivity index (χ0v) is 19.1. The van der Waals surface area contributed by atoms with Crippen LogP contribution in [0.1, 0.15) is 26.3 Å². The first-order valence-corrected chi connectivity index (χ1v) is 10.7. The number of amides is 2. The Labute approximate surface area is 195 Å². The van der Waals surface area contributed by atoms with Crippen molar-refractivity contribution < 1.29 is 23.5 Å². The van der Waals surface area contributed by atoms with Crippen LogP contribution in [0, 0.1) is 5.82 Å². The summed E-state index contributed by atoms with van der Waals surface area (Å²) < 4.78 is 23.9. The SMILES string of the molecule is CC(C)(C)NC(=O)CN(Cc1ccc2c(c1)OCO2)C(=O)Cn1nnc(-c2ccc(F)cc2)n1. The number of benzene rings is 2. The number of hydrogen-bond donors (Lipinski definition) is 1. The number of nitrogens with zero attached hydrogens (tertiary/aromatic N) is 5. The first kappa shape index (κ1) is 23.1. The molecule has 1 aliphatic heterocycles. The minimum absolute atomic E-state index is 0.143. The van der Waals surface area contributed by atoms with Gasteiger partial charge >= 0.3 is 0 Å². The molecular weight excluding hydrogens is 443 g/mol. The van der Waals surface area contributed by atoms with E-state index < -0.39 is 5.54 Å². The number of ether oxygens (including phenoxy) is 2. The molecule has 3 aromatic rings. The number of halogens is 1. The summed E-state index contributed by atoms with van der Waals surface area (Å²) in [5.74, 6) is 0.447. The van der Waals surface area contributed by atoms with E-state index in [9.17, 15) is 14.0 Å². The van der Waals surface area contributed by atoms with E-state index in [1.807, 2.05) is 26.8 Å². The molecule has 0 fully saturated rings. The molecule has 2 aromatic carbocycles. The van der Waals surface area contributed by atoms with E-state index in [4.69, 9.17) is 9.47 Å². The Kier molecular flexibility index (Phi) is 6.44. The summed E-state index contributed by atoms with van der Waals surface area (Å²) in [7, 11) is 0. The zero-order valence-electron chi connectivity index (χ0n) is 19.1. The van der Waals surface area contributed by atoms with E-state index in [0.717, 1.165) is 10.4 Å². The zero-order chi connectivity index (χ0) is 24.3. The van der Waals surface area contributed by atoms with E-state index in [2.05, 4.69) is 20.7 Å². The van der Waals surface area contributed by atoms with Crippen molar-refractivity contribution in [2.45, 2.75) is 39.4 Å². The number of rotatable bonds is 7. The lowest BCUT2D eigenvalue weighted by Crippen LogP contribution is -2.47. The Hall–Kier alpha value is -4.02. The molecule has 34 heavy (non-hydrogen) atoms. The molecule has 2 amide bonds. The second kappa shape index (κ2) is 9.46. The largest absolute Gasteiger partial charge is 0.454 e. The van der Waals surface area contributed by atoms with Crippen molar-refractivity contribution in [1.82, 2.24) is 30.4 Å². The monoisotopic (exact) mass is 468 g/mol. The van der Waals surface area contributed by atoms with Gasteiger partial charge in [0, 0.05) is 17.6 Å². The quantitative estimate of drug-likeness (QED) is 0.566. The van der Waals surface area contributed by atoms with Gasteiger partial charge in [-0.3, -0.25) is 9.59 Å². The lowest BCUT2D eigenvalue weighted by atomic mass is 10.1. The summed E-state index contributed by atoms with van der Waals surface area (Å²) >= 11 is 0.